The van der Waals surface area contributed by atoms with Gasteiger partial charge in [0.05, 0.1) is 16.1 Å². The molecule has 0 saturated heterocycles. The van der Waals surface area contributed by atoms with E-state index in [0.717, 1.165) is 18.2 Å². The zero-order valence-electron chi connectivity index (χ0n) is 8.95. The highest BCUT2D eigenvalue weighted by atomic mass is 79.9. The zero-order valence-corrected chi connectivity index (χ0v) is 10.5. The highest BCUT2D eigenvalue weighted by Gasteiger charge is 2.09. The smallest absolute Gasteiger partial charge is 0.166 e. The van der Waals surface area contributed by atoms with Crippen molar-refractivity contribution in [1.82, 2.24) is 0 Å². The van der Waals surface area contributed by atoms with Crippen LogP contribution in [0.3, 0.4) is 0 Å². The fraction of sp³-hybridized carbons (Fsp3) is 0. The van der Waals surface area contributed by atoms with Crippen LogP contribution in [0.1, 0.15) is 5.56 Å². The molecule has 18 heavy (non-hydrogen) atoms. The summed E-state index contributed by atoms with van der Waals surface area (Å²) in [4.78, 5) is 0. The Bertz CT molecular complexity index is 637. The molecule has 0 bridgehead atoms. The van der Waals surface area contributed by atoms with Crippen LogP contribution in [-0.2, 0) is 0 Å². The average molecular weight is 310 g/mol. The average Bonchev–Trinajstić information content (AvgIpc) is 2.36. The number of benzene rings is 2. The number of hydrogen-bond donors (Lipinski definition) is 0. The van der Waals surface area contributed by atoms with Gasteiger partial charge in [0.2, 0.25) is 0 Å². The number of ether oxygens (including phenoxy) is 1. The molecular weight excluding hydrogens is 304 g/mol. The van der Waals surface area contributed by atoms with E-state index in [1.807, 2.05) is 6.07 Å². The summed E-state index contributed by atoms with van der Waals surface area (Å²) in [5, 5.41) is 8.70. The fourth-order valence-corrected chi connectivity index (χ4v) is 1.79. The second-order valence-electron chi connectivity index (χ2n) is 3.43. The van der Waals surface area contributed by atoms with Crippen molar-refractivity contribution < 1.29 is 13.5 Å². The van der Waals surface area contributed by atoms with Crippen LogP contribution in [0.25, 0.3) is 0 Å². The lowest BCUT2D eigenvalue weighted by molar-refractivity contribution is 0.434. The molecule has 0 saturated carbocycles. The van der Waals surface area contributed by atoms with Crippen molar-refractivity contribution >= 4 is 15.9 Å². The first-order chi connectivity index (χ1) is 8.60. The molecule has 2 aromatic rings. The van der Waals surface area contributed by atoms with Crippen molar-refractivity contribution in [3.8, 4) is 17.6 Å². The summed E-state index contributed by atoms with van der Waals surface area (Å²) in [7, 11) is 0. The number of nitriles is 1. The van der Waals surface area contributed by atoms with E-state index < -0.39 is 11.6 Å². The largest absolute Gasteiger partial charge is 0.453 e. The van der Waals surface area contributed by atoms with E-state index in [1.165, 1.54) is 18.2 Å². The number of nitrogens with zero attached hydrogens (tertiary/aromatic N) is 1. The Kier molecular flexibility index (Phi) is 3.58. The molecule has 5 heteroatoms. The predicted octanol–water partition coefficient (Wildman–Crippen LogP) is 4.39. The van der Waals surface area contributed by atoms with Crippen molar-refractivity contribution in [2.24, 2.45) is 0 Å². The molecule has 0 unspecified atom stereocenters. The summed E-state index contributed by atoms with van der Waals surface area (Å²) in [5.74, 6) is -1.15. The van der Waals surface area contributed by atoms with Crippen molar-refractivity contribution in [2.45, 2.75) is 0 Å². The normalized spacial score (nSPS) is 9.89. The van der Waals surface area contributed by atoms with E-state index in [1.54, 1.807) is 0 Å². The van der Waals surface area contributed by atoms with Crippen LogP contribution < -0.4 is 4.74 Å². The maximum Gasteiger partial charge on any atom is 0.166 e. The summed E-state index contributed by atoms with van der Waals surface area (Å²) in [6.07, 6.45) is 0. The van der Waals surface area contributed by atoms with Gasteiger partial charge in [0.15, 0.2) is 11.6 Å². The molecule has 0 spiro atoms. The first kappa shape index (κ1) is 12.5. The second kappa shape index (κ2) is 5.15. The first-order valence-electron chi connectivity index (χ1n) is 4.92. The third-order valence-corrected chi connectivity index (χ3v) is 2.79. The van der Waals surface area contributed by atoms with Crippen LogP contribution in [0.4, 0.5) is 8.78 Å². The lowest BCUT2D eigenvalue weighted by atomic mass is 10.2. The van der Waals surface area contributed by atoms with Gasteiger partial charge in [-0.2, -0.15) is 5.26 Å². The molecule has 0 aliphatic carbocycles. The highest BCUT2D eigenvalue weighted by Crippen LogP contribution is 2.31. The van der Waals surface area contributed by atoms with Crippen LogP contribution >= 0.6 is 15.9 Å². The van der Waals surface area contributed by atoms with Gasteiger partial charge in [-0.15, -0.1) is 0 Å². The Hall–Kier alpha value is -1.93. The Balaban J connectivity index is 2.34. The highest BCUT2D eigenvalue weighted by molar-refractivity contribution is 9.10. The van der Waals surface area contributed by atoms with Crippen molar-refractivity contribution in [1.29, 1.82) is 5.26 Å². The van der Waals surface area contributed by atoms with Crippen LogP contribution in [0.5, 0.6) is 11.5 Å². The molecule has 0 fully saturated rings. The fourth-order valence-electron chi connectivity index (χ4n) is 1.33. The van der Waals surface area contributed by atoms with Crippen molar-refractivity contribution in [3.05, 3.63) is 58.1 Å². The third-order valence-electron chi connectivity index (χ3n) is 2.17. The third kappa shape index (κ3) is 2.66. The van der Waals surface area contributed by atoms with Gasteiger partial charge in [0.25, 0.3) is 0 Å². The zero-order chi connectivity index (χ0) is 13.1. The Labute approximate surface area is 111 Å². The summed E-state index contributed by atoms with van der Waals surface area (Å²) < 4.78 is 32.1. The molecular formula is C13H6BrF2NO. The van der Waals surface area contributed by atoms with Crippen LogP contribution in [0.2, 0.25) is 0 Å². The van der Waals surface area contributed by atoms with E-state index in [2.05, 4.69) is 15.9 Å². The number of halogens is 3. The summed E-state index contributed by atoms with van der Waals surface area (Å²) >= 11 is 3.20. The van der Waals surface area contributed by atoms with Crippen LogP contribution in [0.15, 0.2) is 40.9 Å². The Morgan fingerprint density at radius 1 is 1.06 bits per heavy atom. The molecule has 0 aliphatic heterocycles. The molecule has 2 rings (SSSR count). The van der Waals surface area contributed by atoms with E-state index in [-0.39, 0.29) is 5.75 Å². The Morgan fingerprint density at radius 2 is 1.83 bits per heavy atom. The molecule has 0 aliphatic rings. The molecule has 2 nitrogen and oxygen atoms in total. The van der Waals surface area contributed by atoms with E-state index in [0.29, 0.717) is 15.8 Å². The second-order valence-corrected chi connectivity index (χ2v) is 4.29. The van der Waals surface area contributed by atoms with Crippen molar-refractivity contribution in [2.75, 3.05) is 0 Å². The molecule has 2 aromatic carbocycles. The minimum atomic E-state index is -0.660. The lowest BCUT2D eigenvalue weighted by Gasteiger charge is -2.08. The van der Waals surface area contributed by atoms with Gasteiger partial charge in [0, 0.05) is 6.07 Å². The summed E-state index contributed by atoms with van der Waals surface area (Å²) in [6, 6.07) is 9.48. The molecule has 0 N–H and O–H groups in total. The van der Waals surface area contributed by atoms with Gasteiger partial charge in [-0.1, -0.05) is 0 Å². The number of hydrogen-bond acceptors (Lipinski definition) is 2. The Morgan fingerprint density at radius 3 is 2.50 bits per heavy atom. The van der Waals surface area contributed by atoms with E-state index in [9.17, 15) is 8.78 Å². The van der Waals surface area contributed by atoms with Gasteiger partial charge in [-0.05, 0) is 46.3 Å². The molecule has 0 atom stereocenters. The molecule has 0 aromatic heterocycles. The van der Waals surface area contributed by atoms with Gasteiger partial charge < -0.3 is 4.74 Å². The van der Waals surface area contributed by atoms with Gasteiger partial charge in [0.1, 0.15) is 11.6 Å². The molecule has 0 heterocycles. The predicted molar refractivity (Wildman–Crippen MR) is 65.3 cm³/mol. The molecule has 0 amide bonds. The monoisotopic (exact) mass is 309 g/mol. The van der Waals surface area contributed by atoms with Gasteiger partial charge in [-0.25, -0.2) is 8.78 Å². The number of rotatable bonds is 2. The maximum atomic E-state index is 13.4. The van der Waals surface area contributed by atoms with Crippen LogP contribution in [-0.4, -0.2) is 0 Å². The summed E-state index contributed by atoms with van der Waals surface area (Å²) in [6.45, 7) is 0. The lowest BCUT2D eigenvalue weighted by Crippen LogP contribution is -1.91. The van der Waals surface area contributed by atoms with Crippen LogP contribution in [0, 0.1) is 23.0 Å². The topological polar surface area (TPSA) is 33.0 Å². The quantitative estimate of drug-likeness (QED) is 0.824. The summed E-state index contributed by atoms with van der Waals surface area (Å²) in [5.41, 5.74) is 0.439. The SMILES string of the molecule is N#Cc1ccc(Oc2cc(F)ccc2F)c(Br)c1. The van der Waals surface area contributed by atoms with Gasteiger partial charge in [-0.3, -0.25) is 0 Å². The van der Waals surface area contributed by atoms with E-state index in [4.69, 9.17) is 10.00 Å². The minimum absolute atomic E-state index is 0.208. The molecule has 90 valence electrons. The molecule has 0 radical (unpaired) electrons. The standard InChI is InChI=1S/C13H6BrF2NO/c14-10-5-8(7-17)1-4-12(10)18-13-6-9(15)2-3-11(13)16/h1-6H. The van der Waals surface area contributed by atoms with Gasteiger partial charge >= 0.3 is 0 Å². The van der Waals surface area contributed by atoms with E-state index >= 15 is 0 Å². The van der Waals surface area contributed by atoms with Crippen molar-refractivity contribution in [3.63, 3.8) is 0 Å². The first-order valence-corrected chi connectivity index (χ1v) is 5.72. The maximum absolute atomic E-state index is 13.4. The minimum Gasteiger partial charge on any atom is -0.453 e.